The van der Waals surface area contributed by atoms with Crippen molar-refractivity contribution in [2.75, 3.05) is 11.9 Å². The zero-order valence-corrected chi connectivity index (χ0v) is 11.2. The third-order valence-corrected chi connectivity index (χ3v) is 4.81. The van der Waals surface area contributed by atoms with E-state index in [0.717, 1.165) is 28.6 Å². The van der Waals surface area contributed by atoms with Gasteiger partial charge in [0.15, 0.2) is 0 Å². The average molecular weight is 268 g/mol. The molecule has 17 heavy (non-hydrogen) atoms. The summed E-state index contributed by atoms with van der Waals surface area (Å²) in [6, 6.07) is 3.98. The maximum Gasteiger partial charge on any atom is 0.0777 e. The molecule has 4 heteroatoms. The Kier molecular flexibility index (Phi) is 2.77. The van der Waals surface area contributed by atoms with Gasteiger partial charge in [0.25, 0.3) is 0 Å². The van der Waals surface area contributed by atoms with E-state index in [4.69, 9.17) is 11.6 Å². The second-order valence-corrected chi connectivity index (χ2v) is 6.19. The van der Waals surface area contributed by atoms with Crippen molar-refractivity contribution < 1.29 is 5.11 Å². The molecule has 0 aliphatic carbocycles. The summed E-state index contributed by atoms with van der Waals surface area (Å²) in [7, 11) is 0. The number of aliphatic hydroxyl groups excluding tert-OH is 1. The number of nitrogens with one attached hydrogen (secondary N) is 1. The number of aliphatic hydroxyl groups is 1. The van der Waals surface area contributed by atoms with Gasteiger partial charge in [-0.1, -0.05) is 18.5 Å². The molecule has 1 aromatic heterocycles. The molecule has 1 aliphatic heterocycles. The summed E-state index contributed by atoms with van der Waals surface area (Å²) >= 11 is 7.94. The van der Waals surface area contributed by atoms with Crippen molar-refractivity contribution in [3.05, 3.63) is 27.6 Å². The van der Waals surface area contributed by atoms with E-state index in [9.17, 15) is 5.11 Å². The standard InChI is InChI=1S/C13H14ClNOS/c1-7-4-8-11(6-16)17-10-3-2-9(14)13(12(8)10)15-5-7/h2-3,7,15-16H,4-6H2,1H3. The fourth-order valence-electron chi connectivity index (χ4n) is 2.49. The molecule has 0 amide bonds. The van der Waals surface area contributed by atoms with E-state index >= 15 is 0 Å². The van der Waals surface area contributed by atoms with Gasteiger partial charge in [-0.15, -0.1) is 11.3 Å². The van der Waals surface area contributed by atoms with Crippen LogP contribution < -0.4 is 5.32 Å². The summed E-state index contributed by atoms with van der Waals surface area (Å²) in [5.74, 6) is 0.557. The first kappa shape index (κ1) is 11.3. The lowest BCUT2D eigenvalue weighted by Gasteiger charge is -2.10. The molecule has 0 saturated heterocycles. The topological polar surface area (TPSA) is 32.3 Å². The monoisotopic (exact) mass is 267 g/mol. The van der Waals surface area contributed by atoms with E-state index < -0.39 is 0 Å². The molecule has 1 atom stereocenters. The smallest absolute Gasteiger partial charge is 0.0777 e. The molecule has 3 rings (SSSR count). The third kappa shape index (κ3) is 1.73. The van der Waals surface area contributed by atoms with E-state index in [1.54, 1.807) is 11.3 Å². The fraction of sp³-hybridized carbons (Fsp3) is 0.385. The zero-order chi connectivity index (χ0) is 12.0. The van der Waals surface area contributed by atoms with Crippen molar-refractivity contribution in [2.45, 2.75) is 20.0 Å². The first-order chi connectivity index (χ1) is 8.20. The molecule has 0 saturated carbocycles. The van der Waals surface area contributed by atoms with Crippen LogP contribution in [0, 0.1) is 5.92 Å². The summed E-state index contributed by atoms with van der Waals surface area (Å²) in [5.41, 5.74) is 2.32. The average Bonchev–Trinajstić information content (AvgIpc) is 2.56. The first-order valence-corrected chi connectivity index (χ1v) is 6.97. The number of benzene rings is 1. The maximum atomic E-state index is 9.47. The summed E-state index contributed by atoms with van der Waals surface area (Å²) in [5, 5.41) is 14.9. The third-order valence-electron chi connectivity index (χ3n) is 3.31. The van der Waals surface area contributed by atoms with Crippen molar-refractivity contribution in [1.82, 2.24) is 0 Å². The highest BCUT2D eigenvalue weighted by molar-refractivity contribution is 7.19. The minimum absolute atomic E-state index is 0.123. The van der Waals surface area contributed by atoms with Gasteiger partial charge in [-0.25, -0.2) is 0 Å². The van der Waals surface area contributed by atoms with Crippen LogP contribution in [0.5, 0.6) is 0 Å². The number of anilines is 1. The molecule has 2 heterocycles. The van der Waals surface area contributed by atoms with Gasteiger partial charge in [0, 0.05) is 21.5 Å². The van der Waals surface area contributed by atoms with E-state index in [1.807, 2.05) is 12.1 Å². The maximum absolute atomic E-state index is 9.47. The second kappa shape index (κ2) is 4.16. The Labute approximate surface area is 109 Å². The van der Waals surface area contributed by atoms with Gasteiger partial charge < -0.3 is 10.4 Å². The quantitative estimate of drug-likeness (QED) is 0.827. The Morgan fingerprint density at radius 3 is 3.12 bits per heavy atom. The Balaban J connectivity index is 2.35. The molecule has 0 radical (unpaired) electrons. The lowest BCUT2D eigenvalue weighted by molar-refractivity contribution is 0.284. The highest BCUT2D eigenvalue weighted by Crippen LogP contribution is 2.42. The first-order valence-electron chi connectivity index (χ1n) is 5.78. The van der Waals surface area contributed by atoms with Crippen LogP contribution in [0.1, 0.15) is 17.4 Å². The van der Waals surface area contributed by atoms with Crippen molar-refractivity contribution in [3.63, 3.8) is 0 Å². The number of rotatable bonds is 1. The number of halogens is 1. The SMILES string of the molecule is CC1CNc2c(Cl)ccc3sc(CO)c(c23)C1. The van der Waals surface area contributed by atoms with Gasteiger partial charge in [-0.2, -0.15) is 0 Å². The van der Waals surface area contributed by atoms with Crippen LogP contribution in [0.3, 0.4) is 0 Å². The van der Waals surface area contributed by atoms with Gasteiger partial charge in [0.1, 0.15) is 0 Å². The van der Waals surface area contributed by atoms with E-state index in [2.05, 4.69) is 12.2 Å². The molecule has 1 aliphatic rings. The van der Waals surface area contributed by atoms with E-state index in [-0.39, 0.29) is 6.61 Å². The molecule has 0 fully saturated rings. The number of hydrogen-bond donors (Lipinski definition) is 2. The summed E-state index contributed by atoms with van der Waals surface area (Å²) in [4.78, 5) is 1.08. The van der Waals surface area contributed by atoms with Crippen LogP contribution >= 0.6 is 22.9 Å². The minimum atomic E-state index is 0.123. The second-order valence-electron chi connectivity index (χ2n) is 4.65. The minimum Gasteiger partial charge on any atom is -0.391 e. The molecule has 1 unspecified atom stereocenters. The Morgan fingerprint density at radius 2 is 2.35 bits per heavy atom. The Bertz CT molecular complexity index is 578. The molecule has 0 spiro atoms. The van der Waals surface area contributed by atoms with Gasteiger partial charge in [-0.05, 0) is 30.0 Å². The van der Waals surface area contributed by atoms with Crippen LogP contribution in [0.15, 0.2) is 12.1 Å². The lowest BCUT2D eigenvalue weighted by atomic mass is 10.00. The van der Waals surface area contributed by atoms with Gasteiger partial charge in [-0.3, -0.25) is 0 Å². The van der Waals surface area contributed by atoms with Gasteiger partial charge in [0.05, 0.1) is 17.3 Å². The van der Waals surface area contributed by atoms with Crippen LogP contribution in [0.2, 0.25) is 5.02 Å². The van der Waals surface area contributed by atoms with Crippen LogP contribution in [-0.4, -0.2) is 11.7 Å². The number of hydrogen-bond acceptors (Lipinski definition) is 3. The summed E-state index contributed by atoms with van der Waals surface area (Å²) in [6.45, 7) is 3.28. The highest BCUT2D eigenvalue weighted by atomic mass is 35.5. The molecular weight excluding hydrogens is 254 g/mol. The normalized spacial score (nSPS) is 19.1. The molecule has 90 valence electrons. The largest absolute Gasteiger partial charge is 0.391 e. The molecule has 2 aromatic rings. The molecular formula is C13H14ClNOS. The van der Waals surface area contributed by atoms with Gasteiger partial charge in [0.2, 0.25) is 0 Å². The Morgan fingerprint density at radius 1 is 1.53 bits per heavy atom. The molecule has 2 N–H and O–H groups in total. The van der Waals surface area contributed by atoms with Gasteiger partial charge >= 0.3 is 0 Å². The Hall–Kier alpha value is -0.770. The van der Waals surface area contributed by atoms with E-state index in [1.165, 1.54) is 15.6 Å². The fourth-order valence-corrected chi connectivity index (χ4v) is 3.82. The van der Waals surface area contributed by atoms with Crippen LogP contribution in [-0.2, 0) is 13.0 Å². The predicted molar refractivity (Wildman–Crippen MR) is 74.1 cm³/mol. The summed E-state index contributed by atoms with van der Waals surface area (Å²) < 4.78 is 1.21. The molecule has 0 bridgehead atoms. The van der Waals surface area contributed by atoms with Crippen molar-refractivity contribution in [3.8, 4) is 0 Å². The number of thiophene rings is 1. The predicted octanol–water partition coefficient (Wildman–Crippen LogP) is 3.65. The van der Waals surface area contributed by atoms with E-state index in [0.29, 0.717) is 5.92 Å². The van der Waals surface area contributed by atoms with Crippen molar-refractivity contribution >= 4 is 38.7 Å². The van der Waals surface area contributed by atoms with Crippen LogP contribution in [0.4, 0.5) is 5.69 Å². The van der Waals surface area contributed by atoms with Crippen molar-refractivity contribution in [1.29, 1.82) is 0 Å². The zero-order valence-electron chi connectivity index (χ0n) is 9.59. The van der Waals surface area contributed by atoms with Crippen LogP contribution in [0.25, 0.3) is 10.1 Å². The highest BCUT2D eigenvalue weighted by Gasteiger charge is 2.21. The lowest BCUT2D eigenvalue weighted by Crippen LogP contribution is -2.11. The summed E-state index contributed by atoms with van der Waals surface area (Å²) in [6.07, 6.45) is 1.01. The molecule has 1 aromatic carbocycles. The molecule has 2 nitrogen and oxygen atoms in total. The van der Waals surface area contributed by atoms with Crippen molar-refractivity contribution in [2.24, 2.45) is 5.92 Å².